The van der Waals surface area contributed by atoms with E-state index in [0.717, 1.165) is 38.6 Å². The van der Waals surface area contributed by atoms with Crippen molar-refractivity contribution in [3.05, 3.63) is 25.3 Å². The zero-order valence-corrected chi connectivity index (χ0v) is 11.8. The predicted molar refractivity (Wildman–Crippen MR) is 79.6 cm³/mol. The van der Waals surface area contributed by atoms with Crippen LogP contribution in [0.3, 0.4) is 0 Å². The molecule has 0 aliphatic rings. The van der Waals surface area contributed by atoms with Crippen molar-refractivity contribution in [1.29, 1.82) is 0 Å². The normalized spacial score (nSPS) is 10.0. The van der Waals surface area contributed by atoms with Gasteiger partial charge in [-0.2, -0.15) is 0 Å². The highest BCUT2D eigenvalue weighted by Crippen LogP contribution is 2.05. The minimum atomic E-state index is 0.211. The number of hydrogen-bond acceptors (Lipinski definition) is 1. The molecular formula is C16H29NO. The summed E-state index contributed by atoms with van der Waals surface area (Å²) < 4.78 is 0. The molecule has 0 aromatic carbocycles. The lowest BCUT2D eigenvalue weighted by molar-refractivity contribution is -0.121. The fraction of sp³-hybridized carbons (Fsp3) is 0.688. The standard InChI is InChI=1S/C16H29NO/c1-3-5-7-9-10-12-14-16(18)17-15-13-11-8-6-4-2/h3-4H,1-2,5-15H2,(H,17,18). The van der Waals surface area contributed by atoms with Gasteiger partial charge in [-0.25, -0.2) is 0 Å². The monoisotopic (exact) mass is 251 g/mol. The van der Waals surface area contributed by atoms with Gasteiger partial charge in [0.15, 0.2) is 0 Å². The summed E-state index contributed by atoms with van der Waals surface area (Å²) >= 11 is 0. The molecule has 0 unspecified atom stereocenters. The minimum absolute atomic E-state index is 0.211. The predicted octanol–water partition coefficient (Wildman–Crippen LogP) is 4.38. The molecule has 0 radical (unpaired) electrons. The first-order valence-corrected chi connectivity index (χ1v) is 7.29. The van der Waals surface area contributed by atoms with E-state index in [2.05, 4.69) is 18.5 Å². The average Bonchev–Trinajstić information content (AvgIpc) is 2.38. The lowest BCUT2D eigenvalue weighted by atomic mass is 10.1. The molecule has 2 heteroatoms. The SMILES string of the molecule is C=CCCCCCCC(=O)NCCCCCC=C. The molecule has 0 saturated carbocycles. The fourth-order valence-electron chi connectivity index (χ4n) is 1.83. The lowest BCUT2D eigenvalue weighted by Crippen LogP contribution is -2.23. The molecule has 0 aromatic heterocycles. The van der Waals surface area contributed by atoms with Gasteiger partial charge in [-0.15, -0.1) is 13.2 Å². The summed E-state index contributed by atoms with van der Waals surface area (Å²) in [5.74, 6) is 0.211. The van der Waals surface area contributed by atoms with Crippen LogP contribution in [-0.4, -0.2) is 12.5 Å². The second-order valence-corrected chi connectivity index (χ2v) is 4.73. The minimum Gasteiger partial charge on any atom is -0.356 e. The third-order valence-electron chi connectivity index (χ3n) is 2.97. The van der Waals surface area contributed by atoms with Crippen molar-refractivity contribution in [3.63, 3.8) is 0 Å². The molecule has 1 amide bonds. The molecule has 0 heterocycles. The molecule has 18 heavy (non-hydrogen) atoms. The Labute approximate surface area is 113 Å². The van der Waals surface area contributed by atoms with Crippen LogP contribution in [0.4, 0.5) is 0 Å². The summed E-state index contributed by atoms with van der Waals surface area (Å²) in [6, 6.07) is 0. The van der Waals surface area contributed by atoms with E-state index in [0.29, 0.717) is 6.42 Å². The van der Waals surface area contributed by atoms with Crippen molar-refractivity contribution in [2.24, 2.45) is 0 Å². The van der Waals surface area contributed by atoms with Crippen LogP contribution in [0.5, 0.6) is 0 Å². The van der Waals surface area contributed by atoms with Crippen LogP contribution >= 0.6 is 0 Å². The highest BCUT2D eigenvalue weighted by atomic mass is 16.1. The molecule has 104 valence electrons. The van der Waals surface area contributed by atoms with Crippen molar-refractivity contribution in [2.75, 3.05) is 6.54 Å². The largest absolute Gasteiger partial charge is 0.356 e. The van der Waals surface area contributed by atoms with E-state index in [1.807, 2.05) is 12.2 Å². The van der Waals surface area contributed by atoms with E-state index >= 15 is 0 Å². The molecule has 0 aliphatic heterocycles. The second kappa shape index (κ2) is 14.0. The second-order valence-electron chi connectivity index (χ2n) is 4.73. The molecule has 0 aromatic rings. The average molecular weight is 251 g/mol. The number of carbonyl (C=O) groups is 1. The number of amides is 1. The molecule has 0 rings (SSSR count). The van der Waals surface area contributed by atoms with Crippen molar-refractivity contribution in [3.8, 4) is 0 Å². The maximum atomic E-state index is 11.5. The topological polar surface area (TPSA) is 29.1 Å². The molecule has 0 saturated heterocycles. The third kappa shape index (κ3) is 13.0. The molecule has 0 spiro atoms. The Bertz CT molecular complexity index is 201. The first-order chi connectivity index (χ1) is 8.81. The summed E-state index contributed by atoms with van der Waals surface area (Å²) in [5, 5.41) is 2.98. The zero-order valence-electron chi connectivity index (χ0n) is 11.8. The van der Waals surface area contributed by atoms with Gasteiger partial charge >= 0.3 is 0 Å². The summed E-state index contributed by atoms with van der Waals surface area (Å²) in [6.45, 7) is 8.22. The summed E-state index contributed by atoms with van der Waals surface area (Å²) in [4.78, 5) is 11.5. The van der Waals surface area contributed by atoms with Gasteiger partial charge in [-0.1, -0.05) is 31.4 Å². The molecule has 2 nitrogen and oxygen atoms in total. The number of allylic oxidation sites excluding steroid dienone is 2. The number of hydrogen-bond donors (Lipinski definition) is 1. The summed E-state index contributed by atoms with van der Waals surface area (Å²) in [7, 11) is 0. The first kappa shape index (κ1) is 16.9. The Morgan fingerprint density at radius 1 is 0.833 bits per heavy atom. The Morgan fingerprint density at radius 2 is 1.39 bits per heavy atom. The van der Waals surface area contributed by atoms with Crippen LogP contribution in [0.25, 0.3) is 0 Å². The van der Waals surface area contributed by atoms with E-state index in [1.54, 1.807) is 0 Å². The van der Waals surface area contributed by atoms with Gasteiger partial charge in [0.25, 0.3) is 0 Å². The number of carbonyl (C=O) groups excluding carboxylic acids is 1. The van der Waals surface area contributed by atoms with Gasteiger partial charge < -0.3 is 5.32 Å². The van der Waals surface area contributed by atoms with Crippen molar-refractivity contribution >= 4 is 5.91 Å². The molecule has 0 atom stereocenters. The van der Waals surface area contributed by atoms with Crippen LogP contribution in [0.2, 0.25) is 0 Å². The van der Waals surface area contributed by atoms with E-state index in [9.17, 15) is 4.79 Å². The fourth-order valence-corrected chi connectivity index (χ4v) is 1.83. The molecule has 1 N–H and O–H groups in total. The maximum Gasteiger partial charge on any atom is 0.219 e. The quantitative estimate of drug-likeness (QED) is 0.382. The van der Waals surface area contributed by atoms with Crippen LogP contribution in [0.1, 0.15) is 64.2 Å². The number of rotatable bonds is 13. The smallest absolute Gasteiger partial charge is 0.219 e. The molecule has 0 fully saturated rings. The Morgan fingerprint density at radius 3 is 2.00 bits per heavy atom. The zero-order chi connectivity index (χ0) is 13.5. The maximum absolute atomic E-state index is 11.5. The van der Waals surface area contributed by atoms with Gasteiger partial charge in [-0.3, -0.25) is 4.79 Å². The van der Waals surface area contributed by atoms with Crippen molar-refractivity contribution in [2.45, 2.75) is 64.2 Å². The molecule has 0 aliphatic carbocycles. The Hall–Kier alpha value is -1.05. The first-order valence-electron chi connectivity index (χ1n) is 7.29. The van der Waals surface area contributed by atoms with E-state index in [-0.39, 0.29) is 5.91 Å². The lowest BCUT2D eigenvalue weighted by Gasteiger charge is -2.04. The highest BCUT2D eigenvalue weighted by molar-refractivity contribution is 5.75. The highest BCUT2D eigenvalue weighted by Gasteiger charge is 1.99. The van der Waals surface area contributed by atoms with Crippen LogP contribution in [0, 0.1) is 0 Å². The van der Waals surface area contributed by atoms with Gasteiger partial charge in [0.2, 0.25) is 5.91 Å². The third-order valence-corrected chi connectivity index (χ3v) is 2.97. The van der Waals surface area contributed by atoms with Gasteiger partial charge in [0, 0.05) is 13.0 Å². The van der Waals surface area contributed by atoms with E-state index < -0.39 is 0 Å². The van der Waals surface area contributed by atoms with Crippen LogP contribution in [-0.2, 0) is 4.79 Å². The van der Waals surface area contributed by atoms with Gasteiger partial charge in [-0.05, 0) is 38.5 Å². The van der Waals surface area contributed by atoms with Crippen LogP contribution < -0.4 is 5.32 Å². The van der Waals surface area contributed by atoms with Crippen molar-refractivity contribution in [1.82, 2.24) is 5.32 Å². The molecular weight excluding hydrogens is 222 g/mol. The van der Waals surface area contributed by atoms with E-state index in [4.69, 9.17) is 0 Å². The van der Waals surface area contributed by atoms with Crippen LogP contribution in [0.15, 0.2) is 25.3 Å². The Balaban J connectivity index is 3.17. The summed E-state index contributed by atoms with van der Waals surface area (Å²) in [6.07, 6.45) is 14.8. The summed E-state index contributed by atoms with van der Waals surface area (Å²) in [5.41, 5.74) is 0. The molecule has 0 bridgehead atoms. The Kier molecular flexibility index (Phi) is 13.2. The van der Waals surface area contributed by atoms with E-state index in [1.165, 1.54) is 25.7 Å². The van der Waals surface area contributed by atoms with Gasteiger partial charge in [0.1, 0.15) is 0 Å². The number of nitrogens with one attached hydrogen (secondary N) is 1. The van der Waals surface area contributed by atoms with Gasteiger partial charge in [0.05, 0.1) is 0 Å². The number of unbranched alkanes of at least 4 members (excludes halogenated alkanes) is 7. The van der Waals surface area contributed by atoms with Crippen molar-refractivity contribution < 1.29 is 4.79 Å².